The highest BCUT2D eigenvalue weighted by Gasteiger charge is 2.69. The zero-order valence-corrected chi connectivity index (χ0v) is 33.8. The molecule has 4 heterocycles. The van der Waals surface area contributed by atoms with E-state index in [9.17, 15) is 105 Å². The second kappa shape index (κ2) is 16.2. The maximum absolute atomic E-state index is 14.5. The van der Waals surface area contributed by atoms with Crippen LogP contribution in [0.3, 0.4) is 0 Å². The molecule has 8 rings (SSSR count). The summed E-state index contributed by atoms with van der Waals surface area (Å²) in [7, 11) is 0. The molecule has 4 aromatic carbocycles. The van der Waals surface area contributed by atoms with Crippen LogP contribution in [-0.4, -0.2) is 162 Å². The predicted octanol–water partition coefficient (Wildman–Crippen LogP) is -0.321. The molecule has 0 radical (unpaired) electrons. The van der Waals surface area contributed by atoms with Crippen molar-refractivity contribution in [3.8, 4) is 80.1 Å². The summed E-state index contributed by atoms with van der Waals surface area (Å²) in [5.41, 5.74) is -9.81. The minimum atomic E-state index is -2.82. The fraction of sp³-hybridized carbons (Fsp3) is 0.244. The van der Waals surface area contributed by atoms with Crippen molar-refractivity contribution in [1.29, 1.82) is 0 Å². The first-order valence-electron chi connectivity index (χ1n) is 19.3. The van der Waals surface area contributed by atoms with Gasteiger partial charge in [-0.3, -0.25) is 4.79 Å². The van der Waals surface area contributed by atoms with Gasteiger partial charge in [0, 0.05) is 16.7 Å². The van der Waals surface area contributed by atoms with Crippen LogP contribution in [0.2, 0.25) is 0 Å². The fourth-order valence-corrected chi connectivity index (χ4v) is 8.22. The van der Waals surface area contributed by atoms with E-state index in [0.717, 1.165) is 0 Å². The van der Waals surface area contributed by atoms with Crippen LogP contribution in [0, 0.1) is 0 Å². The van der Waals surface area contributed by atoms with Crippen molar-refractivity contribution in [2.24, 2.45) is 0 Å². The molecule has 4 aromatic rings. The van der Waals surface area contributed by atoms with E-state index in [1.165, 1.54) is 0 Å². The van der Waals surface area contributed by atoms with Crippen LogP contribution in [0.25, 0.3) is 11.1 Å². The Bertz CT molecular complexity index is 2950. The molecule has 2 saturated heterocycles. The van der Waals surface area contributed by atoms with Crippen molar-refractivity contribution >= 4 is 41.8 Å². The third-order valence-corrected chi connectivity index (χ3v) is 11.3. The van der Waals surface area contributed by atoms with Gasteiger partial charge in [0.2, 0.25) is 35.2 Å². The number of benzene rings is 4. The number of carboxylic acids is 2. The maximum Gasteiger partial charge on any atom is 0.352 e. The second-order valence-corrected chi connectivity index (χ2v) is 15.4. The number of hydrogen-bond acceptors (Lipinski definition) is 26. The molecule has 5 unspecified atom stereocenters. The molecule has 28 nitrogen and oxygen atoms in total. The van der Waals surface area contributed by atoms with Gasteiger partial charge < -0.3 is 105 Å². The van der Waals surface area contributed by atoms with Gasteiger partial charge in [-0.2, -0.15) is 0 Å². The van der Waals surface area contributed by atoms with E-state index in [0.29, 0.717) is 30.3 Å². The number of rotatable bonds is 7. The second-order valence-electron chi connectivity index (χ2n) is 15.4. The summed E-state index contributed by atoms with van der Waals surface area (Å²) in [5.74, 6) is -29.4. The molecule has 69 heavy (non-hydrogen) atoms. The number of phenols is 11. The summed E-state index contributed by atoms with van der Waals surface area (Å²) >= 11 is 0. The minimum absolute atomic E-state index is 0.359. The number of phenolic OH excluding ortho intramolecular Hbond substituents is 11. The van der Waals surface area contributed by atoms with E-state index in [1.807, 2.05) is 0 Å². The largest absolute Gasteiger partial charge is 0.504 e. The molecule has 0 spiro atoms. The Hall–Kier alpha value is -9.31. The summed E-state index contributed by atoms with van der Waals surface area (Å²) < 4.78 is 37.9. The number of aromatic hydroxyl groups is 11. The van der Waals surface area contributed by atoms with Crippen LogP contribution in [0.15, 0.2) is 30.3 Å². The summed E-state index contributed by atoms with van der Waals surface area (Å²) in [4.78, 5) is 93.8. The van der Waals surface area contributed by atoms with E-state index >= 15 is 0 Å². The molecule has 28 heteroatoms. The van der Waals surface area contributed by atoms with Gasteiger partial charge in [0.25, 0.3) is 0 Å². The average Bonchev–Trinajstić information content (AvgIpc) is 3.76. The quantitative estimate of drug-likeness (QED) is 0.0641. The molecule has 4 aliphatic rings. The van der Waals surface area contributed by atoms with Crippen molar-refractivity contribution in [2.75, 3.05) is 6.61 Å². The fourth-order valence-electron chi connectivity index (χ4n) is 8.22. The number of carbonyl (C=O) groups excluding carboxylic acids is 5. The number of aliphatic hydroxyl groups excluding tert-OH is 1. The standard InChI is InChI=1S/C41H30O28/c42-12-1-8(2-13(43)23(12)49)35(58)68-39-29(55)33-30(65-38(61)11-5-16(46)26(52)31-21(11)22-32(34(56)57)67-40(62)41(22,69-31)6-18(47)48)17(64-39)7-63-36(59)9-3-14(44)24(50)27(53)19(9)20-10(37(60)66-33)4-15(45)25(51)28(20)54/h1-5,17,22,29-30,32-33,39,42-46,49-55H,6-7H2,(H,47,48)(H,56,57)/t17?,22-,29?,30?,32+,33?,39?,41-/m0/s1. The molecule has 0 amide bonds. The average molecular weight is 971 g/mol. The zero-order valence-electron chi connectivity index (χ0n) is 33.8. The van der Waals surface area contributed by atoms with E-state index in [1.54, 1.807) is 0 Å². The summed E-state index contributed by atoms with van der Waals surface area (Å²) in [5, 5.41) is 147. The van der Waals surface area contributed by atoms with Crippen molar-refractivity contribution in [3.63, 3.8) is 0 Å². The molecule has 362 valence electrons. The molecule has 14 N–H and O–H groups in total. The van der Waals surface area contributed by atoms with Crippen LogP contribution in [0.1, 0.15) is 59.3 Å². The van der Waals surface area contributed by atoms with Gasteiger partial charge in [0.05, 0.1) is 34.6 Å². The Kier molecular flexibility index (Phi) is 10.9. The lowest BCUT2D eigenvalue weighted by Crippen LogP contribution is -2.62. The van der Waals surface area contributed by atoms with E-state index in [2.05, 4.69) is 0 Å². The van der Waals surface area contributed by atoms with Crippen LogP contribution >= 0.6 is 0 Å². The molecule has 2 fully saturated rings. The first kappa shape index (κ1) is 46.2. The minimum Gasteiger partial charge on any atom is -0.504 e. The molecular weight excluding hydrogens is 940 g/mol. The lowest BCUT2D eigenvalue weighted by atomic mass is 9.78. The molecule has 0 aromatic heterocycles. The van der Waals surface area contributed by atoms with Crippen molar-refractivity contribution < 1.29 is 138 Å². The normalized spacial score (nSPS) is 24.5. The Morgan fingerprint density at radius 1 is 0.652 bits per heavy atom. The van der Waals surface area contributed by atoms with Gasteiger partial charge in [-0.25, -0.2) is 28.8 Å². The van der Waals surface area contributed by atoms with Crippen LogP contribution < -0.4 is 4.74 Å². The zero-order chi connectivity index (χ0) is 50.5. The number of carboxylic acid groups (broad SMARTS) is 2. The highest BCUT2D eigenvalue weighted by Crippen LogP contribution is 2.60. The van der Waals surface area contributed by atoms with Crippen molar-refractivity contribution in [1.82, 2.24) is 0 Å². The van der Waals surface area contributed by atoms with Crippen LogP contribution in [0.4, 0.5) is 0 Å². The van der Waals surface area contributed by atoms with Gasteiger partial charge in [-0.15, -0.1) is 0 Å². The van der Waals surface area contributed by atoms with Crippen LogP contribution in [0.5, 0.6) is 69.0 Å². The lowest BCUT2D eigenvalue weighted by Gasteiger charge is -2.42. The molecule has 8 atom stereocenters. The highest BCUT2D eigenvalue weighted by atomic mass is 16.7. The molecular formula is C41H30O28. The van der Waals surface area contributed by atoms with Crippen molar-refractivity contribution in [2.45, 2.75) is 54.7 Å². The topological polar surface area (TPSA) is 467 Å². The SMILES string of the molecule is O=C(O)C[C@]12Oc3c(O)c(O)cc(C(=O)OC4C5COC(=O)c6cc(O)c(O)c(O)c6-c6c(cc(O)c(O)c6O)C(=O)OC4C(O)C(OC(=O)c4cc(O)c(O)c(O)c4)O5)c3[C@H]1[C@H](C(=O)O)OC2=O. The summed E-state index contributed by atoms with van der Waals surface area (Å²) in [6, 6.07) is 2.37. The van der Waals surface area contributed by atoms with Crippen molar-refractivity contribution in [3.05, 3.63) is 58.1 Å². The number of cyclic esters (lactones) is 2. The number of carbonyl (C=O) groups is 7. The highest BCUT2D eigenvalue weighted by molar-refractivity contribution is 6.08. The first-order valence-corrected chi connectivity index (χ1v) is 19.3. The third-order valence-electron chi connectivity index (χ3n) is 11.3. The molecule has 0 saturated carbocycles. The molecule has 0 aliphatic carbocycles. The number of aliphatic hydroxyl groups is 1. The Morgan fingerprint density at radius 3 is 1.77 bits per heavy atom. The van der Waals surface area contributed by atoms with E-state index in [4.69, 9.17) is 33.2 Å². The number of aliphatic carboxylic acids is 2. The monoisotopic (exact) mass is 970 g/mol. The number of hydrogen-bond donors (Lipinski definition) is 14. The van der Waals surface area contributed by atoms with E-state index < -0.39 is 211 Å². The third kappa shape index (κ3) is 7.21. The Morgan fingerprint density at radius 2 is 1.20 bits per heavy atom. The van der Waals surface area contributed by atoms with Crippen LogP contribution in [-0.2, 0) is 42.8 Å². The molecule has 4 aliphatic heterocycles. The Labute approximate surface area is 379 Å². The van der Waals surface area contributed by atoms with Gasteiger partial charge in [-0.1, -0.05) is 0 Å². The molecule has 2 bridgehead atoms. The lowest BCUT2D eigenvalue weighted by molar-refractivity contribution is -0.283. The first-order chi connectivity index (χ1) is 32.4. The summed E-state index contributed by atoms with van der Waals surface area (Å²) in [6.45, 7) is -1.32. The van der Waals surface area contributed by atoms with Gasteiger partial charge in [0.1, 0.15) is 12.7 Å². The number of esters is 5. The maximum atomic E-state index is 14.5. The van der Waals surface area contributed by atoms with E-state index in [-0.39, 0.29) is 0 Å². The predicted molar refractivity (Wildman–Crippen MR) is 208 cm³/mol. The van der Waals surface area contributed by atoms with Gasteiger partial charge in [-0.05, 0) is 30.3 Å². The number of fused-ring (bicyclic) bond motifs is 8. The number of ether oxygens (including phenoxy) is 7. The smallest absolute Gasteiger partial charge is 0.352 e. The summed E-state index contributed by atoms with van der Waals surface area (Å²) in [6.07, 6.45) is -16.0. The van der Waals surface area contributed by atoms with Gasteiger partial charge >= 0.3 is 41.8 Å². The van der Waals surface area contributed by atoms with Gasteiger partial charge in [0.15, 0.2) is 70.1 Å². The Balaban J connectivity index is 1.29.